The predicted molar refractivity (Wildman–Crippen MR) is 72.6 cm³/mol. The van der Waals surface area contributed by atoms with Gasteiger partial charge >= 0.3 is 0 Å². The molecule has 1 aromatic rings. The van der Waals surface area contributed by atoms with Crippen molar-refractivity contribution in [3.8, 4) is 0 Å². The number of nitrogens with one attached hydrogen (secondary N) is 1. The minimum atomic E-state index is -0.351. The fourth-order valence-corrected chi connectivity index (χ4v) is 2.19. The molecule has 1 saturated heterocycles. The van der Waals surface area contributed by atoms with E-state index < -0.39 is 0 Å². The number of hydrogen-bond acceptors (Lipinski definition) is 4. The second kappa shape index (κ2) is 5.44. The topological polar surface area (TPSA) is 71.2 Å². The van der Waals surface area contributed by atoms with E-state index >= 15 is 0 Å². The molecule has 1 aliphatic rings. The molecule has 0 aliphatic carbocycles. The first kappa shape index (κ1) is 13.0. The number of hydrogen-bond donors (Lipinski definition) is 2. The number of halogens is 1. The molecule has 1 fully saturated rings. The summed E-state index contributed by atoms with van der Waals surface area (Å²) in [5, 5.41) is 3.37. The SMILES string of the molecule is CC(Nc1nc(Cl)ccc1N)C(=O)N1CCCC1. The van der Waals surface area contributed by atoms with Gasteiger partial charge < -0.3 is 16.0 Å². The highest BCUT2D eigenvalue weighted by atomic mass is 35.5. The fraction of sp³-hybridized carbons (Fsp3) is 0.500. The Morgan fingerprint density at radius 1 is 1.50 bits per heavy atom. The van der Waals surface area contributed by atoms with Crippen molar-refractivity contribution in [3.05, 3.63) is 17.3 Å². The number of nitrogens with two attached hydrogens (primary N) is 1. The number of pyridine rings is 1. The van der Waals surface area contributed by atoms with Crippen molar-refractivity contribution >= 4 is 29.0 Å². The molecule has 18 heavy (non-hydrogen) atoms. The van der Waals surface area contributed by atoms with Crippen LogP contribution in [0.5, 0.6) is 0 Å². The maximum Gasteiger partial charge on any atom is 0.244 e. The smallest absolute Gasteiger partial charge is 0.244 e. The maximum atomic E-state index is 12.1. The third-order valence-electron chi connectivity index (χ3n) is 3.03. The Morgan fingerprint density at radius 3 is 2.83 bits per heavy atom. The molecule has 0 aromatic carbocycles. The van der Waals surface area contributed by atoms with Crippen LogP contribution in [-0.4, -0.2) is 34.9 Å². The Hall–Kier alpha value is -1.49. The van der Waals surface area contributed by atoms with Gasteiger partial charge in [0.05, 0.1) is 5.69 Å². The van der Waals surface area contributed by atoms with Gasteiger partial charge in [0.1, 0.15) is 11.2 Å². The van der Waals surface area contributed by atoms with Crippen molar-refractivity contribution in [3.63, 3.8) is 0 Å². The molecule has 0 bridgehead atoms. The van der Waals surface area contributed by atoms with Gasteiger partial charge in [0.25, 0.3) is 0 Å². The number of carbonyl (C=O) groups is 1. The maximum absolute atomic E-state index is 12.1. The van der Waals surface area contributed by atoms with Gasteiger partial charge in [-0.15, -0.1) is 0 Å². The highest BCUT2D eigenvalue weighted by Gasteiger charge is 2.23. The highest BCUT2D eigenvalue weighted by Crippen LogP contribution is 2.20. The first-order valence-corrected chi connectivity index (χ1v) is 6.43. The molecular formula is C12H17ClN4O. The third-order valence-corrected chi connectivity index (χ3v) is 3.24. The number of carbonyl (C=O) groups excluding carboxylic acids is 1. The van der Waals surface area contributed by atoms with Crippen molar-refractivity contribution in [1.82, 2.24) is 9.88 Å². The monoisotopic (exact) mass is 268 g/mol. The molecule has 3 N–H and O–H groups in total. The number of amides is 1. The largest absolute Gasteiger partial charge is 0.396 e. The minimum absolute atomic E-state index is 0.0775. The summed E-state index contributed by atoms with van der Waals surface area (Å²) in [5.41, 5.74) is 6.27. The number of nitrogens with zero attached hydrogens (tertiary/aromatic N) is 2. The van der Waals surface area contributed by atoms with Crippen LogP contribution in [0.1, 0.15) is 19.8 Å². The average molecular weight is 269 g/mol. The molecule has 2 rings (SSSR count). The summed E-state index contributed by atoms with van der Waals surface area (Å²) in [4.78, 5) is 18.0. The van der Waals surface area contributed by atoms with Gasteiger partial charge in [0.15, 0.2) is 5.82 Å². The second-order valence-corrected chi connectivity index (χ2v) is 4.86. The lowest BCUT2D eigenvalue weighted by Crippen LogP contribution is -2.39. The van der Waals surface area contributed by atoms with E-state index in [-0.39, 0.29) is 11.9 Å². The number of likely N-dealkylation sites (tertiary alicyclic amines) is 1. The Kier molecular flexibility index (Phi) is 3.91. The summed E-state index contributed by atoms with van der Waals surface area (Å²) in [5.74, 6) is 0.538. The molecule has 1 aliphatic heterocycles. The van der Waals surface area contributed by atoms with Crippen LogP contribution in [0.2, 0.25) is 5.15 Å². The zero-order valence-electron chi connectivity index (χ0n) is 10.3. The molecule has 1 amide bonds. The molecule has 1 unspecified atom stereocenters. The van der Waals surface area contributed by atoms with Crippen LogP contribution in [0, 0.1) is 0 Å². The Balaban J connectivity index is 2.03. The zero-order chi connectivity index (χ0) is 13.1. The highest BCUT2D eigenvalue weighted by molar-refractivity contribution is 6.29. The molecule has 1 aromatic heterocycles. The van der Waals surface area contributed by atoms with Crippen molar-refractivity contribution in [1.29, 1.82) is 0 Å². The molecule has 5 nitrogen and oxygen atoms in total. The molecule has 6 heteroatoms. The molecule has 98 valence electrons. The van der Waals surface area contributed by atoms with E-state index in [4.69, 9.17) is 17.3 Å². The summed E-state index contributed by atoms with van der Waals surface area (Å²) in [6, 6.07) is 2.94. The number of anilines is 2. The predicted octanol–water partition coefficient (Wildman–Crippen LogP) is 1.74. The lowest BCUT2D eigenvalue weighted by Gasteiger charge is -2.22. The van der Waals surface area contributed by atoms with Crippen LogP contribution in [0.15, 0.2) is 12.1 Å². The third kappa shape index (κ3) is 2.85. The van der Waals surface area contributed by atoms with Gasteiger partial charge in [-0.25, -0.2) is 4.98 Å². The lowest BCUT2D eigenvalue weighted by atomic mass is 10.2. The molecule has 0 saturated carbocycles. The quantitative estimate of drug-likeness (QED) is 0.819. The number of rotatable bonds is 3. The Bertz CT molecular complexity index is 446. The molecular weight excluding hydrogens is 252 g/mol. The van der Waals surface area contributed by atoms with Crippen molar-refractivity contribution in [2.75, 3.05) is 24.1 Å². The van der Waals surface area contributed by atoms with E-state index in [2.05, 4.69) is 10.3 Å². The van der Waals surface area contributed by atoms with E-state index in [0.717, 1.165) is 25.9 Å². The van der Waals surface area contributed by atoms with Gasteiger partial charge in [-0.1, -0.05) is 11.6 Å². The van der Waals surface area contributed by atoms with Crippen molar-refractivity contribution in [2.45, 2.75) is 25.8 Å². The zero-order valence-corrected chi connectivity index (χ0v) is 11.1. The van der Waals surface area contributed by atoms with Crippen LogP contribution in [0.3, 0.4) is 0 Å². The molecule has 0 radical (unpaired) electrons. The summed E-state index contributed by atoms with van der Waals surface area (Å²) < 4.78 is 0. The lowest BCUT2D eigenvalue weighted by molar-refractivity contribution is -0.130. The van der Waals surface area contributed by atoms with Crippen LogP contribution in [0.25, 0.3) is 0 Å². The second-order valence-electron chi connectivity index (χ2n) is 4.47. The van der Waals surface area contributed by atoms with Gasteiger partial charge in [-0.2, -0.15) is 0 Å². The fourth-order valence-electron chi connectivity index (χ4n) is 2.04. The normalized spacial score (nSPS) is 16.7. The average Bonchev–Trinajstić information content (AvgIpc) is 2.86. The Labute approximate surface area is 111 Å². The van der Waals surface area contributed by atoms with Crippen molar-refractivity contribution in [2.24, 2.45) is 0 Å². The standard InChI is InChI=1S/C12H17ClN4O/c1-8(12(18)17-6-2-3-7-17)15-11-9(14)4-5-10(13)16-11/h4-5,8H,2-3,6-7,14H2,1H3,(H,15,16). The van der Waals surface area contributed by atoms with E-state index in [0.29, 0.717) is 16.7 Å². The summed E-state index contributed by atoms with van der Waals surface area (Å²) in [7, 11) is 0. The van der Waals surface area contributed by atoms with E-state index in [1.807, 2.05) is 11.8 Å². The molecule has 2 heterocycles. The summed E-state index contributed by atoms with van der Waals surface area (Å²) in [6.45, 7) is 3.48. The van der Waals surface area contributed by atoms with E-state index in [1.54, 1.807) is 12.1 Å². The van der Waals surface area contributed by atoms with Crippen LogP contribution < -0.4 is 11.1 Å². The van der Waals surface area contributed by atoms with Crippen LogP contribution in [-0.2, 0) is 4.79 Å². The number of nitrogen functional groups attached to an aromatic ring is 1. The van der Waals surface area contributed by atoms with Gasteiger partial charge in [0, 0.05) is 13.1 Å². The van der Waals surface area contributed by atoms with Crippen molar-refractivity contribution < 1.29 is 4.79 Å². The molecule has 1 atom stereocenters. The van der Waals surface area contributed by atoms with Crippen LogP contribution >= 0.6 is 11.6 Å². The van der Waals surface area contributed by atoms with Gasteiger partial charge in [-0.3, -0.25) is 4.79 Å². The van der Waals surface area contributed by atoms with Gasteiger partial charge in [0.2, 0.25) is 5.91 Å². The van der Waals surface area contributed by atoms with Crippen LogP contribution in [0.4, 0.5) is 11.5 Å². The minimum Gasteiger partial charge on any atom is -0.396 e. The first-order valence-electron chi connectivity index (χ1n) is 6.05. The summed E-state index contributed by atoms with van der Waals surface area (Å²) >= 11 is 5.80. The summed E-state index contributed by atoms with van der Waals surface area (Å²) in [6.07, 6.45) is 2.16. The number of aromatic nitrogens is 1. The van der Waals surface area contributed by atoms with E-state index in [1.165, 1.54) is 0 Å². The van der Waals surface area contributed by atoms with E-state index in [9.17, 15) is 4.79 Å². The first-order chi connectivity index (χ1) is 8.58. The Morgan fingerprint density at radius 2 is 2.17 bits per heavy atom. The molecule has 0 spiro atoms. The van der Waals surface area contributed by atoms with Gasteiger partial charge in [-0.05, 0) is 31.9 Å².